The Kier molecular flexibility index (Phi) is 90.3. The molecule has 7 N–H and O–H groups in total. The molecule has 302 valence electrons. The number of hydrogen-bond donors (Lipinski definition) is 5. The number of ketones is 1. The van der Waals surface area contributed by atoms with Gasteiger partial charge in [-0.25, -0.2) is 5.90 Å². The summed E-state index contributed by atoms with van der Waals surface area (Å²) in [7, 11) is 0. The van der Waals surface area contributed by atoms with Crippen molar-refractivity contribution in [3.8, 4) is 0 Å². The van der Waals surface area contributed by atoms with Crippen LogP contribution in [0.4, 0.5) is 0 Å². The van der Waals surface area contributed by atoms with E-state index in [-0.39, 0.29) is 26.0 Å². The van der Waals surface area contributed by atoms with E-state index in [1.54, 1.807) is 0 Å². The van der Waals surface area contributed by atoms with Crippen LogP contribution in [0.25, 0.3) is 0 Å². The van der Waals surface area contributed by atoms with Crippen molar-refractivity contribution >= 4 is 37.0 Å². The number of unbranched alkanes of at least 4 members (excludes halogenated alkanes) is 16. The van der Waals surface area contributed by atoms with Crippen LogP contribution < -0.4 is 16.9 Å². The summed E-state index contributed by atoms with van der Waals surface area (Å²) in [5, 5.41) is 17.2. The number of hydrogen-bond acceptors (Lipinski definition) is 11. The molecule has 13 heteroatoms. The number of carbonyl (C=O) groups is 6. The molecule has 0 heterocycles. The maximum atomic E-state index is 11.8. The highest BCUT2D eigenvalue weighted by atomic mass is 16.5. The van der Waals surface area contributed by atoms with Crippen LogP contribution in [-0.2, 0) is 38.2 Å². The van der Waals surface area contributed by atoms with E-state index in [0.29, 0.717) is 32.8 Å². The molecule has 0 aliphatic rings. The quantitative estimate of drug-likeness (QED) is 0.0252. The Morgan fingerprint density at radius 3 is 1.30 bits per heavy atom. The van der Waals surface area contributed by atoms with Gasteiger partial charge in [0.05, 0.1) is 19.8 Å². The van der Waals surface area contributed by atoms with Crippen LogP contribution in [0.15, 0.2) is 0 Å². The summed E-state index contributed by atoms with van der Waals surface area (Å²) in [5.41, 5.74) is 4.17. The highest BCUT2D eigenvalue weighted by Gasteiger charge is 2.01. The number of aliphatic hydroxyl groups excluding tert-OH is 1. The van der Waals surface area contributed by atoms with Crippen LogP contribution in [0, 0.1) is 0 Å². The van der Waals surface area contributed by atoms with Gasteiger partial charge in [0.1, 0.15) is 19.2 Å². The Hall–Kier alpha value is -2.58. The number of nitrogens with two attached hydrogens (primary N) is 2. The molecule has 0 aromatic heterocycles. The lowest BCUT2D eigenvalue weighted by atomic mass is 10.0. The first-order valence-corrected chi connectivity index (χ1v) is 18.1. The summed E-state index contributed by atoms with van der Waals surface area (Å²) in [4.78, 5) is 58.2. The molecule has 2 amide bonds. The lowest BCUT2D eigenvalue weighted by Crippen LogP contribution is -2.27. The smallest absolute Gasteiger partial charge is 0.220 e. The van der Waals surface area contributed by atoms with Crippen molar-refractivity contribution < 1.29 is 48.6 Å². The van der Waals surface area contributed by atoms with Crippen molar-refractivity contribution in [3.63, 3.8) is 0 Å². The molecule has 0 radical (unpaired) electrons. The molecule has 13 nitrogen and oxygen atoms in total. The number of amides is 2. The molecule has 0 aliphatic carbocycles. The minimum absolute atomic E-state index is 0. The number of ether oxygens (including phenoxy) is 2. The minimum Gasteiger partial charge on any atom is -0.388 e. The molecule has 0 atom stereocenters. The fourth-order valence-electron chi connectivity index (χ4n) is 3.84. The Labute approximate surface area is 305 Å². The highest BCUT2D eigenvalue weighted by molar-refractivity contribution is 6.25. The fourth-order valence-corrected chi connectivity index (χ4v) is 3.84. The Morgan fingerprint density at radius 2 is 1.00 bits per heavy atom. The van der Waals surface area contributed by atoms with Gasteiger partial charge in [0.15, 0.2) is 6.29 Å². The summed E-state index contributed by atoms with van der Waals surface area (Å²) < 4.78 is 10.8. The molecule has 0 aromatic carbocycles. The summed E-state index contributed by atoms with van der Waals surface area (Å²) >= 11 is 0. The van der Waals surface area contributed by atoms with Gasteiger partial charge in [-0.3, -0.25) is 19.2 Å². The van der Waals surface area contributed by atoms with E-state index in [1.807, 2.05) is 0 Å². The zero-order chi connectivity index (χ0) is 38.5. The molecule has 0 fully saturated rings. The van der Waals surface area contributed by atoms with E-state index < -0.39 is 12.4 Å². The second kappa shape index (κ2) is 72.2. The maximum absolute atomic E-state index is 11.8. The molecule has 0 saturated carbocycles. The Bertz CT molecular complexity index is 637. The number of Topliss-reactive ketones (excluding diaryl/α,β-unsaturated/α-hetero) is 1. The topological polar surface area (TPSA) is 225 Å². The van der Waals surface area contributed by atoms with Crippen molar-refractivity contribution in [2.45, 2.75) is 164 Å². The van der Waals surface area contributed by atoms with Crippen molar-refractivity contribution in [3.05, 3.63) is 0 Å². The predicted molar refractivity (Wildman–Crippen MR) is 203 cm³/mol. The second-order valence-electron chi connectivity index (χ2n) is 10.8. The number of primary amides is 1. The largest absolute Gasteiger partial charge is 0.388 e. The third-order valence-corrected chi connectivity index (χ3v) is 6.05. The monoisotopic (exact) mass is 726 g/mol. The number of nitrogens with one attached hydrogen (secondary N) is 1. The zero-order valence-corrected chi connectivity index (χ0v) is 31.5. The summed E-state index contributed by atoms with van der Waals surface area (Å²) in [5.74, 6) is 2.86. The van der Waals surface area contributed by atoms with E-state index in [4.69, 9.17) is 29.4 Å². The van der Waals surface area contributed by atoms with E-state index >= 15 is 0 Å². The average Bonchev–Trinajstić information content (AvgIpc) is 3.10. The van der Waals surface area contributed by atoms with E-state index in [9.17, 15) is 19.2 Å². The molecule has 0 bridgehead atoms. The van der Waals surface area contributed by atoms with Gasteiger partial charge < -0.3 is 40.4 Å². The number of aldehydes is 3. The van der Waals surface area contributed by atoms with E-state index in [2.05, 4.69) is 37.7 Å². The summed E-state index contributed by atoms with van der Waals surface area (Å²) in [6.45, 7) is 10.3. The first kappa shape index (κ1) is 62.5. The minimum atomic E-state index is -0.782. The third-order valence-electron chi connectivity index (χ3n) is 6.05. The average molecular weight is 726 g/mol. The molecular weight excluding hydrogens is 646 g/mol. The molecule has 0 spiro atoms. The lowest BCUT2D eigenvalue weighted by molar-refractivity contribution is -0.131. The SMILES string of the molecule is C.CC=O.CCC.CCCOCCOCCNC(=O)CCCCCCCCCCCCCCCCCCC=O.NC=O.NO.O=CC(=O)CO. The predicted octanol–water partition coefficient (Wildman–Crippen LogP) is 6.21. The van der Waals surface area contributed by atoms with Crippen LogP contribution >= 0.6 is 0 Å². The number of rotatable bonds is 29. The standard InChI is InChI=1S/C27H53NO4.C3H4O3.C3H8.C2H4O.CH3NO.CH4.H3NO/c1-2-23-31-25-26-32-24-21-28-27(30)20-18-16-14-12-10-8-6-4-3-5-7-9-11-13-15-17-19-22-29;4-1-3(6)2-5;1-3-2;1-2-3;2-1-3;;1-2/h22H,2-21,23-26H2,1H3,(H,28,30);1,5H,2H2;3H2,1-2H3;2H,1H3;1H,(H2,2,3);1H4;2H,1H2. The Balaban J connectivity index is -0.000000171. The first-order valence-electron chi connectivity index (χ1n) is 18.1. The van der Waals surface area contributed by atoms with Crippen LogP contribution in [-0.4, -0.2) is 86.9 Å². The maximum Gasteiger partial charge on any atom is 0.220 e. The van der Waals surface area contributed by atoms with Gasteiger partial charge in [0.2, 0.25) is 18.1 Å². The lowest BCUT2D eigenvalue weighted by Gasteiger charge is -2.07. The molecule has 0 unspecified atom stereocenters. The normalized spacial score (nSPS) is 8.94. The summed E-state index contributed by atoms with van der Waals surface area (Å²) in [6, 6.07) is 0. The molecule has 0 rings (SSSR count). The molecule has 0 aliphatic heterocycles. The van der Waals surface area contributed by atoms with Crippen molar-refractivity contribution in [1.29, 1.82) is 0 Å². The van der Waals surface area contributed by atoms with E-state index in [1.165, 1.54) is 96.8 Å². The van der Waals surface area contributed by atoms with E-state index in [0.717, 1.165) is 51.3 Å². The van der Waals surface area contributed by atoms with Gasteiger partial charge in [0.25, 0.3) is 0 Å². The van der Waals surface area contributed by atoms with Crippen molar-refractivity contribution in [2.75, 3.05) is 39.6 Å². The van der Waals surface area contributed by atoms with Gasteiger partial charge in [0, 0.05) is 26.0 Å². The van der Waals surface area contributed by atoms with Gasteiger partial charge in [-0.05, 0) is 26.2 Å². The van der Waals surface area contributed by atoms with Gasteiger partial charge >= 0.3 is 0 Å². The van der Waals surface area contributed by atoms with Crippen molar-refractivity contribution in [1.82, 2.24) is 5.32 Å². The molecule has 50 heavy (non-hydrogen) atoms. The number of aliphatic hydroxyl groups is 1. The molecule has 0 aromatic rings. The van der Waals surface area contributed by atoms with Crippen LogP contribution in [0.5, 0.6) is 0 Å². The van der Waals surface area contributed by atoms with Crippen LogP contribution in [0.2, 0.25) is 0 Å². The highest BCUT2D eigenvalue weighted by Crippen LogP contribution is 2.14. The van der Waals surface area contributed by atoms with Gasteiger partial charge in [-0.15, -0.1) is 0 Å². The van der Waals surface area contributed by atoms with Crippen molar-refractivity contribution in [2.24, 2.45) is 11.6 Å². The third kappa shape index (κ3) is 90.8. The van der Waals surface area contributed by atoms with Gasteiger partial charge in [-0.1, -0.05) is 125 Å². The Morgan fingerprint density at radius 1 is 0.660 bits per heavy atom. The summed E-state index contributed by atoms with van der Waals surface area (Å²) in [6.07, 6.45) is 26.4. The number of carbonyl (C=O) groups excluding carboxylic acids is 6. The van der Waals surface area contributed by atoms with Crippen LogP contribution in [0.3, 0.4) is 0 Å². The molecule has 0 saturated heterocycles. The zero-order valence-electron chi connectivity index (χ0n) is 31.5. The second-order valence-corrected chi connectivity index (χ2v) is 10.8. The van der Waals surface area contributed by atoms with Crippen LogP contribution in [0.1, 0.15) is 164 Å². The van der Waals surface area contributed by atoms with Gasteiger partial charge in [-0.2, -0.15) is 0 Å². The first-order chi connectivity index (χ1) is 23.9. The fraction of sp³-hybridized carbons (Fsp3) is 0.838. The molecular formula is C37H79N3O10.